The van der Waals surface area contributed by atoms with Crippen LogP contribution < -0.4 is 0 Å². The normalized spacial score (nSPS) is 17.0. The fraction of sp³-hybridized carbons (Fsp3) is 0.565. The molecule has 1 aromatic rings. The lowest BCUT2D eigenvalue weighted by Gasteiger charge is -2.35. The highest BCUT2D eigenvalue weighted by Crippen LogP contribution is 2.32. The Balaban J connectivity index is 0.00000300. The fourth-order valence-corrected chi connectivity index (χ4v) is 3.16. The van der Waals surface area contributed by atoms with Crippen LogP contribution in [0.5, 0.6) is 0 Å². The van der Waals surface area contributed by atoms with Crippen molar-refractivity contribution in [3.63, 3.8) is 0 Å². The zero-order valence-electron chi connectivity index (χ0n) is 17.6. The smallest absolute Gasteiger partial charge is 0.410 e. The summed E-state index contributed by atoms with van der Waals surface area (Å²) >= 11 is 0. The summed E-state index contributed by atoms with van der Waals surface area (Å²) in [5.74, 6) is 6.92. The number of benzene rings is 1. The summed E-state index contributed by atoms with van der Waals surface area (Å²) in [5, 5.41) is 0. The lowest BCUT2D eigenvalue weighted by molar-refractivity contribution is 0.0147. The summed E-state index contributed by atoms with van der Waals surface area (Å²) in [6.45, 7) is 9.64. The quantitative estimate of drug-likeness (QED) is 0.548. The summed E-state index contributed by atoms with van der Waals surface area (Å²) in [4.78, 5) is 28.2. The van der Waals surface area contributed by atoms with Gasteiger partial charge in [0.15, 0.2) is 5.78 Å². The fourth-order valence-electron chi connectivity index (χ4n) is 3.16. The molecule has 5 nitrogen and oxygen atoms in total. The van der Waals surface area contributed by atoms with E-state index in [0.29, 0.717) is 13.1 Å². The van der Waals surface area contributed by atoms with E-state index in [2.05, 4.69) is 16.7 Å². The highest BCUT2D eigenvalue weighted by Gasteiger charge is 2.30. The van der Waals surface area contributed by atoms with Crippen LogP contribution in [0.2, 0.25) is 0 Å². The molecule has 1 heterocycles. The van der Waals surface area contributed by atoms with Crippen molar-refractivity contribution in [2.24, 2.45) is 5.92 Å². The van der Waals surface area contributed by atoms with E-state index in [1.54, 1.807) is 4.90 Å². The molecule has 0 atom stereocenters. The van der Waals surface area contributed by atoms with Gasteiger partial charge in [-0.1, -0.05) is 24.0 Å². The van der Waals surface area contributed by atoms with Crippen LogP contribution in [0.15, 0.2) is 24.3 Å². The van der Waals surface area contributed by atoms with E-state index < -0.39 is 5.60 Å². The number of halogens is 1. The summed E-state index contributed by atoms with van der Waals surface area (Å²) in [6, 6.07) is 7.64. The zero-order chi connectivity index (χ0) is 20.1. The summed E-state index contributed by atoms with van der Waals surface area (Å²) in [5.41, 5.74) is 1.30. The molecule has 1 aliphatic carbocycles. The summed E-state index contributed by atoms with van der Waals surface area (Å²) in [6.07, 6.45) is 2.63. The molecule has 3 rings (SSSR count). The molecular formula is C23H31ClN2O3. The number of ketones is 1. The lowest BCUT2D eigenvalue weighted by atomic mass is 10.1. The van der Waals surface area contributed by atoms with Crippen molar-refractivity contribution in [1.29, 1.82) is 0 Å². The van der Waals surface area contributed by atoms with Crippen molar-refractivity contribution in [3.05, 3.63) is 35.4 Å². The van der Waals surface area contributed by atoms with Crippen LogP contribution >= 0.6 is 12.4 Å². The van der Waals surface area contributed by atoms with E-state index >= 15 is 0 Å². The monoisotopic (exact) mass is 418 g/mol. The first-order valence-corrected chi connectivity index (χ1v) is 10.2. The first-order valence-electron chi connectivity index (χ1n) is 10.2. The molecule has 0 bridgehead atoms. The van der Waals surface area contributed by atoms with Crippen LogP contribution in [-0.4, -0.2) is 60.0 Å². The number of ether oxygens (including phenoxy) is 1. The zero-order valence-corrected chi connectivity index (χ0v) is 18.4. The van der Waals surface area contributed by atoms with Gasteiger partial charge in [0.2, 0.25) is 0 Å². The number of hydrogen-bond donors (Lipinski definition) is 0. The second-order valence-electron chi connectivity index (χ2n) is 8.58. The molecule has 29 heavy (non-hydrogen) atoms. The van der Waals surface area contributed by atoms with Gasteiger partial charge in [0.25, 0.3) is 0 Å². The number of piperazine rings is 1. The van der Waals surface area contributed by atoms with Gasteiger partial charge >= 0.3 is 6.09 Å². The van der Waals surface area contributed by atoms with Gasteiger partial charge < -0.3 is 9.64 Å². The summed E-state index contributed by atoms with van der Waals surface area (Å²) in [7, 11) is 0. The second-order valence-corrected chi connectivity index (χ2v) is 8.58. The maximum atomic E-state index is 12.1. The number of amides is 1. The predicted molar refractivity (Wildman–Crippen MR) is 116 cm³/mol. The molecule has 2 fully saturated rings. The maximum Gasteiger partial charge on any atom is 0.410 e. The third-order valence-electron chi connectivity index (χ3n) is 4.93. The average molecular weight is 419 g/mol. The number of carbonyl (C=O) groups is 2. The summed E-state index contributed by atoms with van der Waals surface area (Å²) < 4.78 is 5.42. The van der Waals surface area contributed by atoms with E-state index in [1.165, 1.54) is 0 Å². The van der Waals surface area contributed by atoms with Crippen LogP contribution in [0, 0.1) is 17.8 Å². The van der Waals surface area contributed by atoms with Gasteiger partial charge in [0.1, 0.15) is 5.60 Å². The van der Waals surface area contributed by atoms with Crippen LogP contribution in [0.1, 0.15) is 56.0 Å². The van der Waals surface area contributed by atoms with Gasteiger partial charge in [0.05, 0.1) is 0 Å². The number of rotatable bonds is 4. The molecule has 0 unspecified atom stereocenters. The molecule has 0 N–H and O–H groups in total. The van der Waals surface area contributed by atoms with Crippen LogP contribution in [-0.2, 0) is 4.74 Å². The SMILES string of the molecule is CC(C)(C)OC(=O)N1CCN(CCC#Cc2ccc(C(=O)C3CC3)cc2)CC1.Cl. The minimum atomic E-state index is -0.451. The minimum absolute atomic E-state index is 0. The first kappa shape index (κ1) is 23.3. The lowest BCUT2D eigenvalue weighted by Crippen LogP contribution is -2.50. The molecule has 158 valence electrons. The van der Waals surface area contributed by atoms with E-state index in [-0.39, 0.29) is 30.2 Å². The third kappa shape index (κ3) is 7.38. The standard InChI is InChI=1S/C23H30N2O3.ClH/c1-23(2,3)28-22(27)25-16-14-24(15-17-25)13-5-4-6-18-7-9-19(10-8-18)21(26)20-11-12-20;/h7-10,20H,5,11-17H2,1-3H3;1H. The number of carbonyl (C=O) groups excluding carboxylic acids is 2. The second kappa shape index (κ2) is 10.1. The third-order valence-corrected chi connectivity index (χ3v) is 4.93. The van der Waals surface area contributed by atoms with Crippen LogP contribution in [0.3, 0.4) is 0 Å². The Labute approximate surface area is 180 Å². The van der Waals surface area contributed by atoms with Crippen molar-refractivity contribution >= 4 is 24.3 Å². The Morgan fingerprint density at radius 2 is 1.69 bits per heavy atom. The molecule has 1 saturated heterocycles. The average Bonchev–Trinajstić information content (AvgIpc) is 3.49. The van der Waals surface area contributed by atoms with E-state index in [0.717, 1.165) is 50.0 Å². The minimum Gasteiger partial charge on any atom is -0.444 e. The Morgan fingerprint density at radius 1 is 1.07 bits per heavy atom. The molecular weight excluding hydrogens is 388 g/mol. The van der Waals surface area contributed by atoms with Crippen molar-refractivity contribution in [2.45, 2.75) is 45.6 Å². The van der Waals surface area contributed by atoms with Crippen molar-refractivity contribution in [2.75, 3.05) is 32.7 Å². The van der Waals surface area contributed by atoms with Gasteiger partial charge in [-0.2, -0.15) is 0 Å². The Hall–Kier alpha value is -2.03. The number of Topliss-reactive ketones (excluding diaryl/α,β-unsaturated/α-hetero) is 1. The number of nitrogens with zero attached hydrogens (tertiary/aromatic N) is 2. The molecule has 0 radical (unpaired) electrons. The molecule has 0 aromatic heterocycles. The first-order chi connectivity index (χ1) is 13.3. The van der Waals surface area contributed by atoms with E-state index in [1.807, 2.05) is 45.0 Å². The van der Waals surface area contributed by atoms with Crippen LogP contribution in [0.25, 0.3) is 0 Å². The Bertz CT molecular complexity index is 762. The molecule has 1 aromatic carbocycles. The highest BCUT2D eigenvalue weighted by molar-refractivity contribution is 5.99. The topological polar surface area (TPSA) is 49.9 Å². The molecule has 1 saturated carbocycles. The predicted octanol–water partition coefficient (Wildman–Crippen LogP) is 4.00. The maximum absolute atomic E-state index is 12.1. The molecule has 1 amide bonds. The van der Waals surface area contributed by atoms with Gasteiger partial charge in [-0.05, 0) is 45.7 Å². The van der Waals surface area contributed by atoms with Crippen LogP contribution in [0.4, 0.5) is 4.79 Å². The number of hydrogen-bond acceptors (Lipinski definition) is 4. The van der Waals surface area contributed by atoms with Gasteiger partial charge in [-0.3, -0.25) is 9.69 Å². The molecule has 1 aliphatic heterocycles. The largest absolute Gasteiger partial charge is 0.444 e. The van der Waals surface area contributed by atoms with Crippen molar-refractivity contribution in [1.82, 2.24) is 9.80 Å². The Kier molecular flexibility index (Phi) is 8.13. The van der Waals surface area contributed by atoms with Crippen molar-refractivity contribution < 1.29 is 14.3 Å². The highest BCUT2D eigenvalue weighted by atomic mass is 35.5. The molecule has 0 spiro atoms. The molecule has 2 aliphatic rings. The van der Waals surface area contributed by atoms with Gasteiger partial charge in [-0.15, -0.1) is 12.4 Å². The molecule has 6 heteroatoms. The Morgan fingerprint density at radius 3 is 2.24 bits per heavy atom. The van der Waals surface area contributed by atoms with Gasteiger partial charge in [0, 0.05) is 56.2 Å². The van der Waals surface area contributed by atoms with Gasteiger partial charge in [-0.25, -0.2) is 4.79 Å². The van der Waals surface area contributed by atoms with Crippen molar-refractivity contribution in [3.8, 4) is 11.8 Å². The van der Waals surface area contributed by atoms with E-state index in [4.69, 9.17) is 4.74 Å². The van der Waals surface area contributed by atoms with E-state index in [9.17, 15) is 9.59 Å².